The summed E-state index contributed by atoms with van der Waals surface area (Å²) in [5.74, 6) is -1.41. The van der Waals surface area contributed by atoms with Crippen molar-refractivity contribution in [2.75, 3.05) is 0 Å². The molecule has 3 aromatic carbocycles. The first-order valence-corrected chi connectivity index (χ1v) is 10.8. The number of hydrogen-bond acceptors (Lipinski definition) is 2. The summed E-state index contributed by atoms with van der Waals surface area (Å²) in [7, 11) is 0. The van der Waals surface area contributed by atoms with Crippen LogP contribution in [0.5, 0.6) is 5.75 Å². The first-order chi connectivity index (χ1) is 16.1. The lowest BCUT2D eigenvalue weighted by atomic mass is 9.94. The molecule has 0 fully saturated rings. The number of hydrogen-bond donors (Lipinski definition) is 0. The van der Waals surface area contributed by atoms with E-state index in [9.17, 15) is 22.0 Å². The highest BCUT2D eigenvalue weighted by atomic mass is 19.4. The van der Waals surface area contributed by atoms with Gasteiger partial charge in [-0.2, -0.15) is 0 Å². The van der Waals surface area contributed by atoms with Crippen molar-refractivity contribution in [3.8, 4) is 16.9 Å². The minimum atomic E-state index is -4.74. The predicted molar refractivity (Wildman–Crippen MR) is 122 cm³/mol. The van der Waals surface area contributed by atoms with Crippen LogP contribution in [-0.4, -0.2) is 12.1 Å². The van der Waals surface area contributed by atoms with Crippen LogP contribution in [-0.2, 0) is 0 Å². The maximum Gasteiger partial charge on any atom is 0.573 e. The second-order valence-electron chi connectivity index (χ2n) is 8.42. The zero-order valence-corrected chi connectivity index (χ0v) is 18.5. The van der Waals surface area contributed by atoms with E-state index in [1.807, 2.05) is 44.2 Å². The van der Waals surface area contributed by atoms with Gasteiger partial charge in [-0.25, -0.2) is 8.78 Å². The highest BCUT2D eigenvalue weighted by molar-refractivity contribution is 6.14. The largest absolute Gasteiger partial charge is 0.573 e. The van der Waals surface area contributed by atoms with Crippen LogP contribution in [0.25, 0.3) is 11.1 Å². The Labute approximate surface area is 194 Å². The van der Waals surface area contributed by atoms with Crippen LogP contribution >= 0.6 is 0 Å². The summed E-state index contributed by atoms with van der Waals surface area (Å²) in [6, 6.07) is 16.5. The minimum absolute atomic E-state index is 0.116. The number of alkyl halides is 3. The lowest BCUT2D eigenvalue weighted by Gasteiger charge is -2.11. The van der Waals surface area contributed by atoms with Gasteiger partial charge in [0.2, 0.25) is 0 Å². The third kappa shape index (κ3) is 5.35. The van der Waals surface area contributed by atoms with Gasteiger partial charge in [-0.1, -0.05) is 62.4 Å². The topological polar surface area (TPSA) is 21.6 Å². The second-order valence-corrected chi connectivity index (χ2v) is 8.42. The van der Waals surface area contributed by atoms with Crippen molar-refractivity contribution in [3.63, 3.8) is 0 Å². The quantitative estimate of drug-likeness (QED) is 0.345. The molecule has 0 bridgehead atoms. The first kappa shape index (κ1) is 23.7. The average Bonchev–Trinajstić information content (AvgIpc) is 3.16. The van der Waals surface area contributed by atoms with Gasteiger partial charge in [0, 0.05) is 6.42 Å². The van der Waals surface area contributed by atoms with Crippen molar-refractivity contribution < 1.29 is 26.7 Å². The Morgan fingerprint density at radius 2 is 1.44 bits per heavy atom. The van der Waals surface area contributed by atoms with E-state index in [-0.39, 0.29) is 23.3 Å². The fourth-order valence-corrected chi connectivity index (χ4v) is 4.03. The molecule has 1 aliphatic heterocycles. The monoisotopic (exact) mass is 471 g/mol. The van der Waals surface area contributed by atoms with Crippen molar-refractivity contribution in [3.05, 3.63) is 101 Å². The third-order valence-corrected chi connectivity index (χ3v) is 5.45. The molecule has 3 aromatic rings. The Bertz CT molecular complexity index is 1210. The number of rotatable bonds is 5. The van der Waals surface area contributed by atoms with E-state index in [0.29, 0.717) is 12.1 Å². The van der Waals surface area contributed by atoms with Crippen LogP contribution in [0.1, 0.15) is 37.4 Å². The standard InChI is InChI=1S/C27H22F5NO/c1-16(2)14-20-15-24(33-26(20)25-22(28)4-3-5-23(25)29)19-8-6-17(7-9-19)18-10-12-21(13-11-18)34-27(30,31)32/h3-14,16,24H,15H2,1-2H3/b20-14-. The maximum absolute atomic E-state index is 14.5. The lowest BCUT2D eigenvalue weighted by molar-refractivity contribution is -0.274. The van der Waals surface area contributed by atoms with E-state index in [0.717, 1.165) is 22.3 Å². The Kier molecular flexibility index (Phi) is 6.55. The molecule has 1 heterocycles. The molecular formula is C27H22F5NO. The van der Waals surface area contributed by atoms with Crippen LogP contribution in [0, 0.1) is 17.6 Å². The van der Waals surface area contributed by atoms with Gasteiger partial charge in [-0.15, -0.1) is 13.2 Å². The molecule has 0 radical (unpaired) electrons. The van der Waals surface area contributed by atoms with Gasteiger partial charge in [0.15, 0.2) is 0 Å². The van der Waals surface area contributed by atoms with Gasteiger partial charge >= 0.3 is 6.36 Å². The van der Waals surface area contributed by atoms with E-state index < -0.39 is 18.0 Å². The second kappa shape index (κ2) is 9.41. The van der Waals surface area contributed by atoms with E-state index >= 15 is 0 Å². The molecule has 1 unspecified atom stereocenters. The van der Waals surface area contributed by atoms with Gasteiger partial charge in [-0.3, -0.25) is 4.99 Å². The molecule has 1 atom stereocenters. The molecule has 34 heavy (non-hydrogen) atoms. The van der Waals surface area contributed by atoms with Gasteiger partial charge in [0.25, 0.3) is 0 Å². The highest BCUT2D eigenvalue weighted by Crippen LogP contribution is 2.37. The summed E-state index contributed by atoms with van der Waals surface area (Å²) in [6.07, 6.45) is -2.24. The van der Waals surface area contributed by atoms with E-state index in [1.165, 1.54) is 30.3 Å². The van der Waals surface area contributed by atoms with Crippen molar-refractivity contribution in [1.82, 2.24) is 0 Å². The fourth-order valence-electron chi connectivity index (χ4n) is 4.03. The summed E-state index contributed by atoms with van der Waals surface area (Å²) in [6.45, 7) is 3.99. The number of benzene rings is 3. The van der Waals surface area contributed by atoms with E-state index in [1.54, 1.807) is 12.1 Å². The Morgan fingerprint density at radius 1 is 0.882 bits per heavy atom. The van der Waals surface area contributed by atoms with Crippen LogP contribution in [0.15, 0.2) is 83.4 Å². The lowest BCUT2D eigenvalue weighted by Crippen LogP contribution is -2.16. The third-order valence-electron chi connectivity index (χ3n) is 5.45. The molecule has 0 saturated heterocycles. The number of halogens is 5. The van der Waals surface area contributed by atoms with Crippen molar-refractivity contribution in [2.24, 2.45) is 10.9 Å². The summed E-state index contributed by atoms with van der Waals surface area (Å²) in [5, 5.41) is 0. The summed E-state index contributed by atoms with van der Waals surface area (Å²) in [4.78, 5) is 4.68. The molecule has 1 aliphatic rings. The Hall–Kier alpha value is -3.48. The average molecular weight is 471 g/mol. The van der Waals surface area contributed by atoms with Crippen LogP contribution in [0.2, 0.25) is 0 Å². The van der Waals surface area contributed by atoms with Gasteiger partial charge < -0.3 is 4.74 Å². The number of nitrogens with zero attached hydrogens (tertiary/aromatic N) is 1. The Morgan fingerprint density at radius 3 is 1.97 bits per heavy atom. The smallest absolute Gasteiger partial charge is 0.406 e. The zero-order valence-electron chi connectivity index (χ0n) is 18.5. The fraction of sp³-hybridized carbons (Fsp3) is 0.222. The molecule has 176 valence electrons. The SMILES string of the molecule is CC(C)/C=C1/CC(c2ccc(-c3ccc(OC(F)(F)F)cc3)cc2)N=C1c1c(F)cccc1F. The normalized spacial score (nSPS) is 17.4. The van der Waals surface area contributed by atoms with Gasteiger partial charge in [-0.05, 0) is 52.4 Å². The molecule has 0 saturated carbocycles. The molecule has 2 nitrogen and oxygen atoms in total. The maximum atomic E-state index is 14.5. The van der Waals surface area contributed by atoms with Crippen LogP contribution in [0.3, 0.4) is 0 Å². The molecule has 7 heteroatoms. The summed E-state index contributed by atoms with van der Waals surface area (Å²) < 4.78 is 69.9. The van der Waals surface area contributed by atoms with E-state index in [2.05, 4.69) is 9.73 Å². The van der Waals surface area contributed by atoms with Crippen LogP contribution in [0.4, 0.5) is 22.0 Å². The number of aliphatic imine (C=N–C) groups is 1. The molecule has 4 rings (SSSR count). The molecule has 0 N–H and O–H groups in total. The molecule has 0 aromatic heterocycles. The zero-order chi connectivity index (χ0) is 24.5. The van der Waals surface area contributed by atoms with E-state index in [4.69, 9.17) is 0 Å². The predicted octanol–water partition coefficient (Wildman–Crippen LogP) is 8.05. The molecule has 0 amide bonds. The Balaban J connectivity index is 1.60. The van der Waals surface area contributed by atoms with Crippen molar-refractivity contribution in [1.29, 1.82) is 0 Å². The van der Waals surface area contributed by atoms with Crippen molar-refractivity contribution >= 4 is 5.71 Å². The number of allylic oxidation sites excluding steroid dienone is 1. The van der Waals surface area contributed by atoms with Crippen molar-refractivity contribution in [2.45, 2.75) is 32.7 Å². The first-order valence-electron chi connectivity index (χ1n) is 10.8. The van der Waals surface area contributed by atoms with Gasteiger partial charge in [0.1, 0.15) is 17.4 Å². The van der Waals surface area contributed by atoms with Gasteiger partial charge in [0.05, 0.1) is 17.3 Å². The molecule has 0 spiro atoms. The molecule has 0 aliphatic carbocycles. The minimum Gasteiger partial charge on any atom is -0.406 e. The molecular weight excluding hydrogens is 449 g/mol. The highest BCUT2D eigenvalue weighted by Gasteiger charge is 2.31. The summed E-state index contributed by atoms with van der Waals surface area (Å²) >= 11 is 0. The summed E-state index contributed by atoms with van der Waals surface area (Å²) in [5.41, 5.74) is 3.43. The van der Waals surface area contributed by atoms with Crippen LogP contribution < -0.4 is 4.74 Å². The number of ether oxygens (including phenoxy) is 1.